The van der Waals surface area contributed by atoms with Crippen LogP contribution in [-0.4, -0.2) is 35.0 Å². The first-order chi connectivity index (χ1) is 11.6. The molecule has 1 aliphatic carbocycles. The molecule has 8 heteroatoms. The second-order valence-corrected chi connectivity index (χ2v) is 8.08. The number of nitrogens with one attached hydrogen (secondary N) is 4. The van der Waals surface area contributed by atoms with Crippen molar-refractivity contribution >= 4 is 18.4 Å². The molecule has 0 saturated heterocycles. The molecule has 0 spiro atoms. The van der Waals surface area contributed by atoms with Gasteiger partial charge in [-0.15, -0.1) is 0 Å². The minimum atomic E-state index is -0.418. The second kappa shape index (κ2) is 7.25. The van der Waals surface area contributed by atoms with E-state index in [9.17, 15) is 14.4 Å². The molecular formula is C17H27N5O3. The van der Waals surface area contributed by atoms with Crippen LogP contribution in [0.4, 0.5) is 10.7 Å². The quantitative estimate of drug-likeness (QED) is 0.603. The minimum absolute atomic E-state index is 0.0785. The molecule has 0 radical (unpaired) electrons. The summed E-state index contributed by atoms with van der Waals surface area (Å²) in [4.78, 5) is 40.9. The Hall–Kier alpha value is -2.38. The lowest BCUT2D eigenvalue weighted by Crippen LogP contribution is -2.49. The summed E-state index contributed by atoms with van der Waals surface area (Å²) in [7, 11) is 0. The average molecular weight is 349 g/mol. The topological polar surface area (TPSA) is 116 Å². The predicted octanol–water partition coefficient (Wildman–Crippen LogP) is 1.53. The van der Waals surface area contributed by atoms with Crippen molar-refractivity contribution in [1.82, 2.24) is 20.6 Å². The number of hydrogen-bond acceptors (Lipinski definition) is 4. The zero-order chi connectivity index (χ0) is 18.7. The number of carbonyl (C=O) groups excluding carboxylic acids is 2. The Balaban J connectivity index is 1.97. The number of H-pyrrole nitrogens is 1. The Kier molecular flexibility index (Phi) is 5.49. The van der Waals surface area contributed by atoms with Crippen LogP contribution < -0.4 is 21.5 Å². The van der Waals surface area contributed by atoms with E-state index >= 15 is 0 Å². The molecular weight excluding hydrogens is 322 g/mol. The van der Waals surface area contributed by atoms with Gasteiger partial charge in [0, 0.05) is 24.3 Å². The summed E-state index contributed by atoms with van der Waals surface area (Å²) in [6.45, 7) is 8.61. The maximum absolute atomic E-state index is 12.1. The molecule has 138 valence electrons. The minimum Gasteiger partial charge on any atom is -0.356 e. The molecule has 0 aromatic carbocycles. The third-order valence-electron chi connectivity index (χ3n) is 4.52. The highest BCUT2D eigenvalue weighted by Crippen LogP contribution is 2.45. The van der Waals surface area contributed by atoms with E-state index in [4.69, 9.17) is 0 Å². The third-order valence-corrected chi connectivity index (χ3v) is 4.52. The van der Waals surface area contributed by atoms with Crippen LogP contribution in [0, 0.1) is 17.8 Å². The number of amides is 3. The van der Waals surface area contributed by atoms with E-state index in [-0.39, 0.29) is 28.4 Å². The first-order valence-electron chi connectivity index (χ1n) is 8.43. The molecule has 1 aromatic heterocycles. The number of aryl methyl sites for hydroxylation is 1. The van der Waals surface area contributed by atoms with Crippen LogP contribution >= 0.6 is 0 Å². The summed E-state index contributed by atoms with van der Waals surface area (Å²) in [5, 5.41) is 8.28. The van der Waals surface area contributed by atoms with E-state index in [0.29, 0.717) is 12.2 Å². The molecule has 1 aromatic rings. The molecule has 3 amide bonds. The molecule has 1 fully saturated rings. The van der Waals surface area contributed by atoms with Gasteiger partial charge in [0.15, 0.2) is 0 Å². The van der Waals surface area contributed by atoms with Crippen LogP contribution in [0.5, 0.6) is 0 Å². The van der Waals surface area contributed by atoms with Gasteiger partial charge in [0.05, 0.1) is 0 Å². The number of hydrogen-bond donors (Lipinski definition) is 4. The lowest BCUT2D eigenvalue weighted by molar-refractivity contribution is -0.111. The van der Waals surface area contributed by atoms with Crippen molar-refractivity contribution in [3.63, 3.8) is 0 Å². The highest BCUT2D eigenvalue weighted by Gasteiger charge is 2.41. The van der Waals surface area contributed by atoms with Crippen LogP contribution in [0.2, 0.25) is 0 Å². The van der Waals surface area contributed by atoms with Crippen molar-refractivity contribution < 1.29 is 9.59 Å². The first kappa shape index (κ1) is 19.0. The largest absolute Gasteiger partial charge is 0.356 e. The Morgan fingerprint density at radius 3 is 2.76 bits per heavy atom. The zero-order valence-corrected chi connectivity index (χ0v) is 15.2. The molecule has 1 heterocycles. The Labute approximate surface area is 147 Å². The van der Waals surface area contributed by atoms with Crippen LogP contribution in [0.15, 0.2) is 10.9 Å². The molecule has 25 heavy (non-hydrogen) atoms. The fourth-order valence-electron chi connectivity index (χ4n) is 4.07. The maximum atomic E-state index is 12.1. The van der Waals surface area contributed by atoms with E-state index in [0.717, 1.165) is 25.7 Å². The van der Waals surface area contributed by atoms with Gasteiger partial charge in [0.25, 0.3) is 5.56 Å². The van der Waals surface area contributed by atoms with Crippen molar-refractivity contribution in [2.24, 2.45) is 10.8 Å². The van der Waals surface area contributed by atoms with Gasteiger partial charge in [0.2, 0.25) is 12.4 Å². The molecule has 2 atom stereocenters. The summed E-state index contributed by atoms with van der Waals surface area (Å²) >= 11 is 0. The van der Waals surface area contributed by atoms with Gasteiger partial charge in [-0.05, 0) is 37.0 Å². The van der Waals surface area contributed by atoms with Crippen molar-refractivity contribution in [2.75, 3.05) is 11.9 Å². The van der Waals surface area contributed by atoms with Gasteiger partial charge in [-0.3, -0.25) is 19.9 Å². The number of anilines is 1. The molecule has 2 rings (SSSR count). The normalized spacial score (nSPS) is 25.0. The zero-order valence-electron chi connectivity index (χ0n) is 15.2. The Morgan fingerprint density at radius 1 is 1.40 bits per heavy atom. The molecule has 2 unspecified atom stereocenters. The Morgan fingerprint density at radius 2 is 2.12 bits per heavy atom. The third kappa shape index (κ3) is 5.58. The molecule has 0 bridgehead atoms. The van der Waals surface area contributed by atoms with Crippen LogP contribution in [0.25, 0.3) is 0 Å². The summed E-state index contributed by atoms with van der Waals surface area (Å²) in [6, 6.07) is 1.04. The van der Waals surface area contributed by atoms with E-state index < -0.39 is 6.03 Å². The molecule has 0 aliphatic heterocycles. The van der Waals surface area contributed by atoms with E-state index in [2.05, 4.69) is 46.7 Å². The number of carbonyl (C=O) groups is 2. The van der Waals surface area contributed by atoms with Gasteiger partial charge >= 0.3 is 6.03 Å². The number of nitrogens with zero attached hydrogens (tertiary/aromatic N) is 1. The Bertz CT molecular complexity index is 700. The fraction of sp³-hybridized carbons (Fsp3) is 0.647. The first-order valence-corrected chi connectivity index (χ1v) is 8.43. The number of urea groups is 1. The van der Waals surface area contributed by atoms with Gasteiger partial charge in [-0.2, -0.15) is 0 Å². The van der Waals surface area contributed by atoms with Crippen LogP contribution in [-0.2, 0) is 4.79 Å². The number of aromatic amines is 1. The average Bonchev–Trinajstić information content (AvgIpc) is 2.42. The van der Waals surface area contributed by atoms with Crippen LogP contribution in [0.1, 0.15) is 45.7 Å². The second-order valence-electron chi connectivity index (χ2n) is 8.08. The number of rotatable bonds is 5. The van der Waals surface area contributed by atoms with Crippen molar-refractivity contribution in [2.45, 2.75) is 53.0 Å². The standard InChI is InChI=1S/C17H27N5O3/c1-11-5-13(24)21-14(20-11)22-15(25)18-9-17(4)7-12(19-10-23)6-16(2,3)8-17/h5,10,12H,6-9H2,1-4H3,(H,19,23)(H3,18,20,21,22,24,25). The monoisotopic (exact) mass is 349 g/mol. The van der Waals surface area contributed by atoms with Crippen LogP contribution in [0.3, 0.4) is 0 Å². The summed E-state index contributed by atoms with van der Waals surface area (Å²) in [5.41, 5.74) is 0.164. The van der Waals surface area contributed by atoms with E-state index in [1.807, 2.05) is 0 Å². The van der Waals surface area contributed by atoms with Crippen molar-refractivity contribution in [1.29, 1.82) is 0 Å². The SMILES string of the molecule is Cc1cc(=O)[nH]c(NC(=O)NCC2(C)CC(NC=O)CC(C)(C)C2)n1. The summed E-state index contributed by atoms with van der Waals surface area (Å²) < 4.78 is 0. The summed E-state index contributed by atoms with van der Waals surface area (Å²) in [5.74, 6) is 0.122. The molecule has 1 saturated carbocycles. The van der Waals surface area contributed by atoms with Gasteiger partial charge < -0.3 is 10.6 Å². The molecule has 4 N–H and O–H groups in total. The van der Waals surface area contributed by atoms with Crippen molar-refractivity contribution in [3.05, 3.63) is 22.1 Å². The lowest BCUT2D eigenvalue weighted by Gasteiger charge is -2.46. The fourth-order valence-corrected chi connectivity index (χ4v) is 4.07. The highest BCUT2D eigenvalue weighted by atomic mass is 16.2. The van der Waals surface area contributed by atoms with E-state index in [1.165, 1.54) is 6.07 Å². The predicted molar refractivity (Wildman–Crippen MR) is 95.3 cm³/mol. The molecule has 8 nitrogen and oxygen atoms in total. The number of aromatic nitrogens is 2. The maximum Gasteiger partial charge on any atom is 0.321 e. The van der Waals surface area contributed by atoms with Gasteiger partial charge in [-0.25, -0.2) is 9.78 Å². The molecule has 1 aliphatic rings. The van der Waals surface area contributed by atoms with Crippen molar-refractivity contribution in [3.8, 4) is 0 Å². The summed E-state index contributed by atoms with van der Waals surface area (Å²) in [6.07, 6.45) is 3.40. The highest BCUT2D eigenvalue weighted by molar-refractivity contribution is 5.87. The van der Waals surface area contributed by atoms with E-state index in [1.54, 1.807) is 6.92 Å². The van der Waals surface area contributed by atoms with Gasteiger partial charge in [-0.1, -0.05) is 20.8 Å². The van der Waals surface area contributed by atoms with Gasteiger partial charge in [0.1, 0.15) is 0 Å². The smallest absolute Gasteiger partial charge is 0.321 e. The lowest BCUT2D eigenvalue weighted by atomic mass is 9.62.